The Morgan fingerprint density at radius 1 is 1.14 bits per heavy atom. The molecule has 3 aliphatic heterocycles. The molecular weight excluding hydrogens is 527 g/mol. The number of fused-ring (bicyclic) bond motifs is 3. The summed E-state index contributed by atoms with van der Waals surface area (Å²) in [4.78, 5) is 22.8. The maximum absolute atomic E-state index is 13.4. The highest BCUT2D eigenvalue weighted by molar-refractivity contribution is 7.15. The van der Waals surface area contributed by atoms with Crippen LogP contribution >= 0.6 is 34.5 Å². The third kappa shape index (κ3) is 5.16. The van der Waals surface area contributed by atoms with E-state index in [1.165, 1.54) is 28.0 Å². The number of hydrogen-bond donors (Lipinski definition) is 1. The van der Waals surface area contributed by atoms with Crippen molar-refractivity contribution in [3.63, 3.8) is 0 Å². The fraction of sp³-hybridized carbons (Fsp3) is 0.357. The molecule has 9 heteroatoms. The van der Waals surface area contributed by atoms with Gasteiger partial charge in [-0.15, -0.1) is 11.3 Å². The highest BCUT2D eigenvalue weighted by Crippen LogP contribution is 2.48. The zero-order valence-corrected chi connectivity index (χ0v) is 22.7. The van der Waals surface area contributed by atoms with E-state index in [4.69, 9.17) is 27.9 Å². The molecule has 1 spiro atoms. The second-order valence-corrected chi connectivity index (χ2v) is 12.1. The molecular formula is C28H28Cl2N4O2S. The molecule has 1 N–H and O–H groups in total. The number of rotatable bonds is 5. The number of hydrogen-bond acceptors (Lipinski definition) is 5. The van der Waals surface area contributed by atoms with E-state index in [2.05, 4.69) is 39.5 Å². The summed E-state index contributed by atoms with van der Waals surface area (Å²) in [7, 11) is 0. The Bertz CT molecular complexity index is 1330. The molecule has 0 unspecified atom stereocenters. The lowest BCUT2D eigenvalue weighted by Gasteiger charge is -2.39. The summed E-state index contributed by atoms with van der Waals surface area (Å²) in [6.45, 7) is 5.28. The van der Waals surface area contributed by atoms with Crippen molar-refractivity contribution in [2.75, 3.05) is 31.1 Å². The van der Waals surface area contributed by atoms with E-state index < -0.39 is 0 Å². The number of piperidine rings is 1. The summed E-state index contributed by atoms with van der Waals surface area (Å²) in [6.07, 6.45) is 8.12. The molecule has 2 aromatic carbocycles. The van der Waals surface area contributed by atoms with E-state index in [1.54, 1.807) is 6.20 Å². The molecule has 6 nitrogen and oxygen atoms in total. The van der Waals surface area contributed by atoms with Gasteiger partial charge in [-0.3, -0.25) is 9.80 Å². The average molecular weight is 556 g/mol. The van der Waals surface area contributed by atoms with Crippen LogP contribution in [-0.2, 0) is 29.9 Å². The van der Waals surface area contributed by atoms with Gasteiger partial charge < -0.3 is 10.1 Å². The van der Waals surface area contributed by atoms with Gasteiger partial charge in [-0.1, -0.05) is 53.6 Å². The Labute approximate surface area is 230 Å². The number of benzene rings is 2. The molecule has 0 saturated carbocycles. The van der Waals surface area contributed by atoms with Crippen LogP contribution in [0, 0.1) is 0 Å². The van der Waals surface area contributed by atoms with Crippen molar-refractivity contribution in [1.29, 1.82) is 0 Å². The topological polar surface area (TPSA) is 57.7 Å². The summed E-state index contributed by atoms with van der Waals surface area (Å²) in [5, 5.41) is 3.83. The highest BCUT2D eigenvalue weighted by Gasteiger charge is 2.47. The molecule has 0 bridgehead atoms. The molecule has 1 aromatic heterocycles. The maximum atomic E-state index is 13.4. The normalized spacial score (nSPS) is 18.5. The molecule has 192 valence electrons. The van der Waals surface area contributed by atoms with Crippen molar-refractivity contribution in [2.45, 2.75) is 38.0 Å². The van der Waals surface area contributed by atoms with Crippen LogP contribution in [0.2, 0.25) is 9.49 Å². The molecule has 0 aliphatic carbocycles. The lowest BCUT2D eigenvalue weighted by molar-refractivity contribution is 0.134. The van der Waals surface area contributed by atoms with Gasteiger partial charge in [-0.05, 0) is 66.4 Å². The van der Waals surface area contributed by atoms with Gasteiger partial charge in [0.15, 0.2) is 4.47 Å². The summed E-state index contributed by atoms with van der Waals surface area (Å²) in [6, 6.07) is 12.3. The standard InChI is InChI=1S/C28H28Cl2N4O2S/c29-22-5-3-19(4-6-22)2-1-9-33-10-7-28(8-11-33)18-34(27(35)32-15-23-14-31-26(30)37-23)25-13-21-17-36-16-20(21)12-24(25)28/h1-6,12-14H,7-11,15-18H2,(H,32,35). The lowest BCUT2D eigenvalue weighted by atomic mass is 9.73. The SMILES string of the molecule is O=C(NCc1cnc(Cl)s1)N1CC2(CCN(CC=Cc3ccc(Cl)cc3)CC2)c2cc3c(cc21)COC3. The maximum Gasteiger partial charge on any atom is 0.322 e. The molecule has 4 heterocycles. The molecule has 0 atom stereocenters. The Kier molecular flexibility index (Phi) is 6.99. The van der Waals surface area contributed by atoms with Gasteiger partial charge in [0.05, 0.1) is 19.8 Å². The van der Waals surface area contributed by atoms with Gasteiger partial charge in [-0.2, -0.15) is 0 Å². The second kappa shape index (κ2) is 10.4. The minimum atomic E-state index is -0.0742. The third-order valence-corrected chi connectivity index (χ3v) is 9.06. The molecule has 1 fully saturated rings. The van der Waals surface area contributed by atoms with E-state index in [1.807, 2.05) is 29.2 Å². The number of halogens is 2. The number of thiazole rings is 1. The minimum Gasteiger partial charge on any atom is -0.372 e. The van der Waals surface area contributed by atoms with Crippen molar-refractivity contribution < 1.29 is 9.53 Å². The summed E-state index contributed by atoms with van der Waals surface area (Å²) < 4.78 is 6.20. The van der Waals surface area contributed by atoms with Crippen molar-refractivity contribution in [3.05, 3.63) is 85.3 Å². The number of likely N-dealkylation sites (tertiary alicyclic amines) is 1. The van der Waals surface area contributed by atoms with E-state index in [9.17, 15) is 4.79 Å². The van der Waals surface area contributed by atoms with E-state index in [-0.39, 0.29) is 11.4 Å². The van der Waals surface area contributed by atoms with Gasteiger partial charge in [0.2, 0.25) is 0 Å². The van der Waals surface area contributed by atoms with Crippen molar-refractivity contribution in [1.82, 2.24) is 15.2 Å². The van der Waals surface area contributed by atoms with Crippen LogP contribution in [0.5, 0.6) is 0 Å². The molecule has 6 rings (SSSR count). The summed E-state index contributed by atoms with van der Waals surface area (Å²) in [5.74, 6) is 0. The molecule has 37 heavy (non-hydrogen) atoms. The number of nitrogens with one attached hydrogen (secondary N) is 1. The average Bonchev–Trinajstić information content (AvgIpc) is 3.62. The van der Waals surface area contributed by atoms with Crippen molar-refractivity contribution in [2.24, 2.45) is 0 Å². The zero-order chi connectivity index (χ0) is 25.4. The Morgan fingerprint density at radius 3 is 2.62 bits per heavy atom. The van der Waals surface area contributed by atoms with E-state index >= 15 is 0 Å². The number of nitrogens with zero attached hydrogens (tertiary/aromatic N) is 3. The van der Waals surface area contributed by atoms with E-state index in [0.29, 0.717) is 30.8 Å². The molecule has 2 amide bonds. The van der Waals surface area contributed by atoms with Gasteiger partial charge in [0.25, 0.3) is 0 Å². The van der Waals surface area contributed by atoms with Crippen LogP contribution in [0.3, 0.4) is 0 Å². The summed E-state index contributed by atoms with van der Waals surface area (Å²) in [5.41, 5.74) is 5.89. The number of anilines is 1. The van der Waals surface area contributed by atoms with Gasteiger partial charge in [0, 0.05) is 40.3 Å². The predicted molar refractivity (Wildman–Crippen MR) is 149 cm³/mol. The van der Waals surface area contributed by atoms with Gasteiger partial charge >= 0.3 is 6.03 Å². The van der Waals surface area contributed by atoms with Crippen LogP contribution in [0.4, 0.5) is 10.5 Å². The van der Waals surface area contributed by atoms with Crippen LogP contribution in [0.15, 0.2) is 48.7 Å². The van der Waals surface area contributed by atoms with E-state index in [0.717, 1.165) is 53.6 Å². The first-order valence-electron chi connectivity index (χ1n) is 12.5. The zero-order valence-electron chi connectivity index (χ0n) is 20.4. The predicted octanol–water partition coefficient (Wildman–Crippen LogP) is 6.26. The van der Waals surface area contributed by atoms with Crippen LogP contribution in [0.1, 0.15) is 40.0 Å². The second-order valence-electron chi connectivity index (χ2n) is 9.99. The number of urea groups is 1. The van der Waals surface area contributed by atoms with Crippen molar-refractivity contribution >= 4 is 52.3 Å². The molecule has 3 aliphatic rings. The third-order valence-electron chi connectivity index (χ3n) is 7.70. The molecule has 0 radical (unpaired) electrons. The largest absolute Gasteiger partial charge is 0.372 e. The number of ether oxygens (including phenoxy) is 1. The first-order valence-corrected chi connectivity index (χ1v) is 14.1. The van der Waals surface area contributed by atoms with Crippen LogP contribution < -0.4 is 10.2 Å². The Hall–Kier alpha value is -2.42. The van der Waals surface area contributed by atoms with Gasteiger partial charge in [-0.25, -0.2) is 9.78 Å². The van der Waals surface area contributed by atoms with Crippen LogP contribution in [0.25, 0.3) is 6.08 Å². The summed E-state index contributed by atoms with van der Waals surface area (Å²) >= 11 is 13.3. The quantitative estimate of drug-likeness (QED) is 0.404. The monoisotopic (exact) mass is 554 g/mol. The fourth-order valence-corrected chi connectivity index (χ4v) is 6.69. The fourth-order valence-electron chi connectivity index (χ4n) is 5.64. The molecule has 1 saturated heterocycles. The first kappa shape index (κ1) is 24.9. The lowest BCUT2D eigenvalue weighted by Crippen LogP contribution is -2.47. The first-order chi connectivity index (χ1) is 18.0. The van der Waals surface area contributed by atoms with Crippen molar-refractivity contribution in [3.8, 4) is 0 Å². The number of carbonyl (C=O) groups excluding carboxylic acids is 1. The Balaban J connectivity index is 1.16. The number of carbonyl (C=O) groups is 1. The number of amides is 2. The van der Waals surface area contributed by atoms with Gasteiger partial charge in [0.1, 0.15) is 0 Å². The Morgan fingerprint density at radius 2 is 1.89 bits per heavy atom. The van der Waals surface area contributed by atoms with Crippen LogP contribution in [-0.4, -0.2) is 42.1 Å². The number of aromatic nitrogens is 1. The molecule has 3 aromatic rings. The highest BCUT2D eigenvalue weighted by atomic mass is 35.5. The smallest absolute Gasteiger partial charge is 0.322 e. The minimum absolute atomic E-state index is 0.0333.